The normalized spacial score (nSPS) is 10.1. The van der Waals surface area contributed by atoms with E-state index in [1.807, 2.05) is 0 Å². The molecule has 0 saturated carbocycles. The molecule has 7 heteroatoms. The predicted molar refractivity (Wildman–Crippen MR) is 74.0 cm³/mol. The van der Waals surface area contributed by atoms with Gasteiger partial charge in [0.1, 0.15) is 17.3 Å². The van der Waals surface area contributed by atoms with Crippen LogP contribution in [0.3, 0.4) is 0 Å². The van der Waals surface area contributed by atoms with Gasteiger partial charge in [0, 0.05) is 18.6 Å². The number of hydrogen-bond acceptors (Lipinski definition) is 5. The van der Waals surface area contributed by atoms with Crippen LogP contribution in [0.25, 0.3) is 0 Å². The standard InChI is InChI=1S/C14H14N2O5/c1-20-9-3-2-4-10(7-9)21-6-5-12-15-11(14(18)19)8-13(17)16-12/h2-4,7-8H,5-6H2,1H3,(H,18,19)(H,15,16,17). The van der Waals surface area contributed by atoms with E-state index in [1.165, 1.54) is 0 Å². The second-order valence-corrected chi connectivity index (χ2v) is 4.16. The molecule has 0 fully saturated rings. The number of carboxylic acid groups (broad SMARTS) is 1. The lowest BCUT2D eigenvalue weighted by Crippen LogP contribution is -2.17. The fourth-order valence-corrected chi connectivity index (χ4v) is 1.69. The number of methoxy groups -OCH3 is 1. The van der Waals surface area contributed by atoms with Gasteiger partial charge in [-0.1, -0.05) is 6.07 Å². The molecule has 21 heavy (non-hydrogen) atoms. The van der Waals surface area contributed by atoms with Crippen molar-refractivity contribution in [3.63, 3.8) is 0 Å². The van der Waals surface area contributed by atoms with Gasteiger partial charge in [0.25, 0.3) is 5.56 Å². The number of aromatic carboxylic acids is 1. The van der Waals surface area contributed by atoms with Gasteiger partial charge in [-0.3, -0.25) is 4.79 Å². The first-order valence-corrected chi connectivity index (χ1v) is 6.19. The van der Waals surface area contributed by atoms with Gasteiger partial charge >= 0.3 is 5.97 Å². The van der Waals surface area contributed by atoms with Gasteiger partial charge in [-0.25, -0.2) is 9.78 Å². The zero-order chi connectivity index (χ0) is 15.2. The van der Waals surface area contributed by atoms with Gasteiger partial charge in [0.2, 0.25) is 0 Å². The molecule has 2 N–H and O–H groups in total. The Morgan fingerprint density at radius 3 is 2.81 bits per heavy atom. The summed E-state index contributed by atoms with van der Waals surface area (Å²) < 4.78 is 10.6. The van der Waals surface area contributed by atoms with Gasteiger partial charge in [-0.2, -0.15) is 0 Å². The molecule has 1 heterocycles. The largest absolute Gasteiger partial charge is 0.497 e. The Kier molecular flexibility index (Phi) is 4.55. The average molecular weight is 290 g/mol. The highest BCUT2D eigenvalue weighted by atomic mass is 16.5. The summed E-state index contributed by atoms with van der Waals surface area (Å²) in [5.74, 6) is 0.317. The second-order valence-electron chi connectivity index (χ2n) is 4.16. The van der Waals surface area contributed by atoms with E-state index >= 15 is 0 Å². The zero-order valence-electron chi connectivity index (χ0n) is 11.3. The van der Waals surface area contributed by atoms with Crippen LogP contribution in [0.2, 0.25) is 0 Å². The summed E-state index contributed by atoms with van der Waals surface area (Å²) in [6.45, 7) is 0.249. The lowest BCUT2D eigenvalue weighted by molar-refractivity contribution is 0.0689. The molecule has 0 atom stereocenters. The van der Waals surface area contributed by atoms with Gasteiger partial charge < -0.3 is 19.6 Å². The predicted octanol–water partition coefficient (Wildman–Crippen LogP) is 1.10. The molecular weight excluding hydrogens is 276 g/mol. The zero-order valence-corrected chi connectivity index (χ0v) is 11.3. The van der Waals surface area contributed by atoms with Crippen LogP contribution in [-0.4, -0.2) is 34.8 Å². The van der Waals surface area contributed by atoms with Crippen molar-refractivity contribution in [3.8, 4) is 11.5 Å². The van der Waals surface area contributed by atoms with Crippen molar-refractivity contribution >= 4 is 5.97 Å². The van der Waals surface area contributed by atoms with Gasteiger partial charge in [-0.15, -0.1) is 0 Å². The van der Waals surface area contributed by atoms with Crippen molar-refractivity contribution in [1.29, 1.82) is 0 Å². The fourth-order valence-electron chi connectivity index (χ4n) is 1.69. The summed E-state index contributed by atoms with van der Waals surface area (Å²) in [4.78, 5) is 28.4. The SMILES string of the molecule is COc1cccc(OCCc2nc(C(=O)O)cc(=O)[nH]2)c1. The minimum atomic E-state index is -1.24. The van der Waals surface area contributed by atoms with Crippen molar-refractivity contribution in [2.75, 3.05) is 13.7 Å². The van der Waals surface area contributed by atoms with E-state index in [4.69, 9.17) is 14.6 Å². The summed E-state index contributed by atoms with van der Waals surface area (Å²) in [6.07, 6.45) is 0.285. The van der Waals surface area contributed by atoms with Crippen LogP contribution in [0, 0.1) is 0 Å². The summed E-state index contributed by atoms with van der Waals surface area (Å²) >= 11 is 0. The summed E-state index contributed by atoms with van der Waals surface area (Å²) in [7, 11) is 1.56. The first-order valence-electron chi connectivity index (χ1n) is 6.19. The van der Waals surface area contributed by atoms with Crippen molar-refractivity contribution in [2.24, 2.45) is 0 Å². The van der Waals surface area contributed by atoms with Crippen LogP contribution in [0.1, 0.15) is 16.3 Å². The van der Waals surface area contributed by atoms with Gasteiger partial charge in [-0.05, 0) is 12.1 Å². The molecule has 0 aliphatic heterocycles. The number of aromatic amines is 1. The molecule has 0 radical (unpaired) electrons. The van der Waals surface area contributed by atoms with Crippen molar-refractivity contribution in [3.05, 3.63) is 52.2 Å². The van der Waals surface area contributed by atoms with Crippen LogP contribution in [0.15, 0.2) is 35.1 Å². The van der Waals surface area contributed by atoms with Crippen molar-refractivity contribution in [2.45, 2.75) is 6.42 Å². The number of ether oxygens (including phenoxy) is 2. The molecule has 1 aromatic heterocycles. The van der Waals surface area contributed by atoms with Crippen LogP contribution < -0.4 is 15.0 Å². The molecule has 0 amide bonds. The van der Waals surface area contributed by atoms with E-state index in [0.717, 1.165) is 6.07 Å². The first-order chi connectivity index (χ1) is 10.1. The van der Waals surface area contributed by atoms with Crippen molar-refractivity contribution in [1.82, 2.24) is 9.97 Å². The Hall–Kier alpha value is -2.83. The van der Waals surface area contributed by atoms with E-state index in [1.54, 1.807) is 31.4 Å². The third-order valence-corrected chi connectivity index (χ3v) is 2.66. The van der Waals surface area contributed by atoms with Crippen LogP contribution in [0.5, 0.6) is 11.5 Å². The number of carbonyl (C=O) groups is 1. The van der Waals surface area contributed by atoms with E-state index < -0.39 is 11.5 Å². The Morgan fingerprint density at radius 1 is 1.33 bits per heavy atom. The topological polar surface area (TPSA) is 102 Å². The van der Waals surface area contributed by atoms with Crippen LogP contribution in [0.4, 0.5) is 0 Å². The van der Waals surface area contributed by atoms with E-state index in [9.17, 15) is 9.59 Å². The second kappa shape index (κ2) is 6.56. The summed E-state index contributed by atoms with van der Waals surface area (Å²) in [5, 5.41) is 8.83. The Bertz CT molecular complexity index is 696. The molecule has 2 aromatic rings. The lowest BCUT2D eigenvalue weighted by atomic mass is 10.3. The highest BCUT2D eigenvalue weighted by Gasteiger charge is 2.08. The Balaban J connectivity index is 2.00. The Labute approximate surface area is 120 Å². The van der Waals surface area contributed by atoms with Crippen LogP contribution in [-0.2, 0) is 6.42 Å². The minimum Gasteiger partial charge on any atom is -0.497 e. The molecule has 0 spiro atoms. The number of H-pyrrole nitrogens is 1. The minimum absolute atomic E-state index is 0.249. The molecule has 0 saturated heterocycles. The molecular formula is C14H14N2O5. The van der Waals surface area contributed by atoms with Crippen molar-refractivity contribution < 1.29 is 19.4 Å². The number of carboxylic acids is 1. The fraction of sp³-hybridized carbons (Fsp3) is 0.214. The number of nitrogens with zero attached hydrogens (tertiary/aromatic N) is 1. The third kappa shape index (κ3) is 4.07. The lowest BCUT2D eigenvalue weighted by Gasteiger charge is -2.07. The number of benzene rings is 1. The third-order valence-electron chi connectivity index (χ3n) is 2.66. The number of aromatic nitrogens is 2. The summed E-state index contributed by atoms with van der Waals surface area (Å²) in [5.41, 5.74) is -0.783. The van der Waals surface area contributed by atoms with E-state index in [-0.39, 0.29) is 24.5 Å². The number of hydrogen-bond donors (Lipinski definition) is 2. The maximum Gasteiger partial charge on any atom is 0.354 e. The monoisotopic (exact) mass is 290 g/mol. The number of nitrogens with one attached hydrogen (secondary N) is 1. The van der Waals surface area contributed by atoms with E-state index in [2.05, 4.69) is 9.97 Å². The molecule has 0 bridgehead atoms. The highest BCUT2D eigenvalue weighted by Crippen LogP contribution is 2.18. The van der Waals surface area contributed by atoms with Gasteiger partial charge in [0.05, 0.1) is 13.7 Å². The summed E-state index contributed by atoms with van der Waals surface area (Å²) in [6, 6.07) is 8.02. The maximum atomic E-state index is 11.3. The van der Waals surface area contributed by atoms with Gasteiger partial charge in [0.15, 0.2) is 5.69 Å². The molecule has 0 aliphatic rings. The molecule has 110 valence electrons. The Morgan fingerprint density at radius 2 is 2.10 bits per heavy atom. The molecule has 7 nitrogen and oxygen atoms in total. The maximum absolute atomic E-state index is 11.3. The average Bonchev–Trinajstić information content (AvgIpc) is 2.47. The van der Waals surface area contributed by atoms with Crippen LogP contribution >= 0.6 is 0 Å². The smallest absolute Gasteiger partial charge is 0.354 e. The highest BCUT2D eigenvalue weighted by molar-refractivity contribution is 5.85. The quantitative estimate of drug-likeness (QED) is 0.826. The molecule has 1 aromatic carbocycles. The van der Waals surface area contributed by atoms with E-state index in [0.29, 0.717) is 11.5 Å². The number of rotatable bonds is 6. The molecule has 0 aliphatic carbocycles. The molecule has 2 rings (SSSR count). The first kappa shape index (κ1) is 14.6. The molecule has 0 unspecified atom stereocenters.